The number of hydrogen-bond donors (Lipinski definition) is 4. The molecule has 186 valence electrons. The number of nitrogens with zero attached hydrogens (tertiary/aromatic N) is 2. The van der Waals surface area contributed by atoms with E-state index in [2.05, 4.69) is 31.0 Å². The number of carbonyl (C=O) groups excluding carboxylic acids is 2. The minimum absolute atomic E-state index is 0.102. The Morgan fingerprint density at radius 3 is 2.64 bits per heavy atom. The van der Waals surface area contributed by atoms with Gasteiger partial charge in [0.25, 0.3) is 5.91 Å². The van der Waals surface area contributed by atoms with E-state index < -0.39 is 23.7 Å². The highest BCUT2D eigenvalue weighted by atomic mass is 35.5. The Morgan fingerprint density at radius 2 is 1.92 bits per heavy atom. The van der Waals surface area contributed by atoms with Crippen molar-refractivity contribution in [1.29, 1.82) is 0 Å². The first kappa shape index (κ1) is 24.8. The fourth-order valence-corrected chi connectivity index (χ4v) is 3.52. The predicted molar refractivity (Wildman–Crippen MR) is 124 cm³/mol. The van der Waals surface area contributed by atoms with Crippen LogP contribution in [0, 0.1) is 0 Å². The average molecular weight is 519 g/mol. The second-order valence-corrected chi connectivity index (χ2v) is 7.90. The molecule has 2 aromatic heterocycles. The van der Waals surface area contributed by atoms with Crippen LogP contribution >= 0.6 is 11.6 Å². The molecule has 2 heterocycles. The van der Waals surface area contributed by atoms with Crippen molar-refractivity contribution in [2.75, 3.05) is 7.05 Å². The number of H-pyrrole nitrogens is 2. The number of hydrogen-bond acceptors (Lipinski definition) is 5. The van der Waals surface area contributed by atoms with Crippen LogP contribution in [0.1, 0.15) is 21.6 Å². The van der Waals surface area contributed by atoms with Crippen LogP contribution in [0.2, 0.25) is 5.02 Å². The standard InChI is InChI=1S/C23H18ClF3N6O3/c1-28-22(35)36-19-6-5-13(8-16(19)24)15-11-30-33-20(15)17-9-18(32-31-17)21(34)29-10-12-3-2-4-14(7-12)23(25,26)27/h2-9,11H,10H2,1H3,(H,28,35)(H,29,34)(H,30,33)(H,31,32). The molecular weight excluding hydrogens is 501 g/mol. The molecule has 0 bridgehead atoms. The topological polar surface area (TPSA) is 125 Å². The zero-order valence-electron chi connectivity index (χ0n) is 18.5. The van der Waals surface area contributed by atoms with Crippen LogP contribution in [-0.2, 0) is 12.7 Å². The summed E-state index contributed by atoms with van der Waals surface area (Å²) in [6, 6.07) is 11.0. The van der Waals surface area contributed by atoms with Crippen molar-refractivity contribution in [1.82, 2.24) is 31.0 Å². The molecule has 2 amide bonds. The number of benzene rings is 2. The molecule has 36 heavy (non-hydrogen) atoms. The monoisotopic (exact) mass is 518 g/mol. The van der Waals surface area contributed by atoms with E-state index in [9.17, 15) is 22.8 Å². The van der Waals surface area contributed by atoms with Crippen molar-refractivity contribution in [3.63, 3.8) is 0 Å². The van der Waals surface area contributed by atoms with Gasteiger partial charge in [0.2, 0.25) is 0 Å². The first-order valence-corrected chi connectivity index (χ1v) is 10.8. The predicted octanol–water partition coefficient (Wildman–Crippen LogP) is 4.79. The number of nitrogens with one attached hydrogen (secondary N) is 4. The highest BCUT2D eigenvalue weighted by molar-refractivity contribution is 6.32. The van der Waals surface area contributed by atoms with Gasteiger partial charge >= 0.3 is 12.3 Å². The minimum Gasteiger partial charge on any atom is -0.409 e. The number of amides is 2. The SMILES string of the molecule is CNC(=O)Oc1ccc(-c2cn[nH]c2-c2cc(C(=O)NCc3cccc(C(F)(F)F)c3)[nH]n2)cc1Cl. The molecule has 2 aromatic carbocycles. The average Bonchev–Trinajstić information content (AvgIpc) is 3.53. The maximum atomic E-state index is 12.9. The highest BCUT2D eigenvalue weighted by Gasteiger charge is 2.30. The van der Waals surface area contributed by atoms with Crippen LogP contribution in [0.4, 0.5) is 18.0 Å². The van der Waals surface area contributed by atoms with Crippen molar-refractivity contribution < 1.29 is 27.5 Å². The lowest BCUT2D eigenvalue weighted by atomic mass is 10.0. The molecule has 0 saturated carbocycles. The van der Waals surface area contributed by atoms with Gasteiger partial charge in [0.1, 0.15) is 11.4 Å². The fraction of sp³-hybridized carbons (Fsp3) is 0.130. The normalized spacial score (nSPS) is 11.2. The molecular formula is C23H18ClF3N6O3. The largest absolute Gasteiger partial charge is 0.416 e. The summed E-state index contributed by atoms with van der Waals surface area (Å²) in [5.41, 5.74) is 1.72. The van der Waals surface area contributed by atoms with E-state index in [1.54, 1.807) is 18.3 Å². The van der Waals surface area contributed by atoms with Crippen LogP contribution in [0.5, 0.6) is 5.75 Å². The van der Waals surface area contributed by atoms with Gasteiger partial charge in [-0.25, -0.2) is 4.79 Å². The van der Waals surface area contributed by atoms with Gasteiger partial charge in [-0.1, -0.05) is 29.8 Å². The Bertz CT molecular complexity index is 1420. The van der Waals surface area contributed by atoms with E-state index in [1.165, 1.54) is 31.3 Å². The third kappa shape index (κ3) is 5.49. The zero-order chi connectivity index (χ0) is 25.9. The Kier molecular flexibility index (Phi) is 6.97. The van der Waals surface area contributed by atoms with Gasteiger partial charge in [0.05, 0.1) is 22.5 Å². The number of alkyl halides is 3. The van der Waals surface area contributed by atoms with Crippen LogP contribution in [0.3, 0.4) is 0 Å². The van der Waals surface area contributed by atoms with Crippen molar-refractivity contribution >= 4 is 23.6 Å². The quantitative estimate of drug-likeness (QED) is 0.292. The van der Waals surface area contributed by atoms with E-state index >= 15 is 0 Å². The van der Waals surface area contributed by atoms with Crippen LogP contribution in [-0.4, -0.2) is 39.4 Å². The van der Waals surface area contributed by atoms with Gasteiger partial charge in [-0.05, 0) is 41.5 Å². The van der Waals surface area contributed by atoms with E-state index in [-0.39, 0.29) is 23.0 Å². The van der Waals surface area contributed by atoms with Crippen molar-refractivity contribution in [2.24, 2.45) is 0 Å². The number of carbonyl (C=O) groups is 2. The number of halogens is 4. The molecule has 4 rings (SSSR count). The fourth-order valence-electron chi connectivity index (χ4n) is 3.30. The molecule has 0 aliphatic heterocycles. The van der Waals surface area contributed by atoms with Crippen molar-refractivity contribution in [2.45, 2.75) is 12.7 Å². The van der Waals surface area contributed by atoms with Gasteiger partial charge in [0, 0.05) is 19.2 Å². The Morgan fingerprint density at radius 1 is 1.11 bits per heavy atom. The first-order valence-electron chi connectivity index (χ1n) is 10.4. The lowest BCUT2D eigenvalue weighted by molar-refractivity contribution is -0.137. The lowest BCUT2D eigenvalue weighted by Gasteiger charge is -2.09. The molecule has 9 nitrogen and oxygen atoms in total. The second-order valence-electron chi connectivity index (χ2n) is 7.49. The minimum atomic E-state index is -4.47. The Hall–Kier alpha value is -4.32. The first-order chi connectivity index (χ1) is 17.2. The third-order valence-electron chi connectivity index (χ3n) is 5.08. The summed E-state index contributed by atoms with van der Waals surface area (Å²) in [5.74, 6) is -0.379. The van der Waals surface area contributed by atoms with Gasteiger partial charge in [0.15, 0.2) is 5.75 Å². The summed E-state index contributed by atoms with van der Waals surface area (Å²) in [4.78, 5) is 24.0. The van der Waals surface area contributed by atoms with Gasteiger partial charge in [-0.3, -0.25) is 15.0 Å². The van der Waals surface area contributed by atoms with E-state index in [4.69, 9.17) is 16.3 Å². The molecule has 0 fully saturated rings. The number of ether oxygens (including phenoxy) is 1. The summed E-state index contributed by atoms with van der Waals surface area (Å²) in [7, 11) is 1.42. The molecule has 0 atom stereocenters. The van der Waals surface area contributed by atoms with Crippen LogP contribution in [0.15, 0.2) is 54.7 Å². The molecule has 0 unspecified atom stereocenters. The summed E-state index contributed by atoms with van der Waals surface area (Å²) in [5, 5.41) is 18.7. The van der Waals surface area contributed by atoms with E-state index in [1.807, 2.05) is 0 Å². The smallest absolute Gasteiger partial charge is 0.409 e. The van der Waals surface area contributed by atoms with Crippen LogP contribution in [0.25, 0.3) is 22.5 Å². The number of aromatic amines is 2. The number of rotatable bonds is 6. The third-order valence-corrected chi connectivity index (χ3v) is 5.37. The highest BCUT2D eigenvalue weighted by Crippen LogP contribution is 2.34. The summed E-state index contributed by atoms with van der Waals surface area (Å²) < 4.78 is 43.7. The van der Waals surface area contributed by atoms with E-state index in [0.717, 1.165) is 12.1 Å². The van der Waals surface area contributed by atoms with Crippen LogP contribution < -0.4 is 15.4 Å². The van der Waals surface area contributed by atoms with Gasteiger partial charge in [-0.2, -0.15) is 23.4 Å². The second kappa shape index (κ2) is 10.1. The maximum absolute atomic E-state index is 12.9. The molecule has 0 aliphatic rings. The molecule has 0 aliphatic carbocycles. The molecule has 4 aromatic rings. The summed E-state index contributed by atoms with van der Waals surface area (Å²) in [6.07, 6.45) is -3.59. The molecule has 0 saturated heterocycles. The Balaban J connectivity index is 1.48. The number of aromatic nitrogens is 4. The summed E-state index contributed by atoms with van der Waals surface area (Å²) >= 11 is 6.24. The Labute approximate surface area is 207 Å². The molecule has 0 radical (unpaired) electrons. The lowest BCUT2D eigenvalue weighted by Crippen LogP contribution is -2.23. The maximum Gasteiger partial charge on any atom is 0.416 e. The van der Waals surface area contributed by atoms with Gasteiger partial charge < -0.3 is 15.4 Å². The molecule has 13 heteroatoms. The van der Waals surface area contributed by atoms with Crippen molar-refractivity contribution in [3.8, 4) is 28.3 Å². The summed E-state index contributed by atoms with van der Waals surface area (Å²) in [6.45, 7) is -0.102. The molecule has 4 N–H and O–H groups in total. The molecule has 0 spiro atoms. The van der Waals surface area contributed by atoms with Crippen molar-refractivity contribution in [3.05, 3.63) is 76.6 Å². The van der Waals surface area contributed by atoms with Gasteiger partial charge in [-0.15, -0.1) is 0 Å². The zero-order valence-corrected chi connectivity index (χ0v) is 19.3. The van der Waals surface area contributed by atoms with E-state index in [0.29, 0.717) is 28.1 Å².